The maximum atomic E-state index is 13.9. The highest BCUT2D eigenvalue weighted by Crippen LogP contribution is 2.76. The molecule has 0 aromatic rings. The summed E-state index contributed by atoms with van der Waals surface area (Å²) in [7, 11) is -2.29. The number of hydrogen-bond donors (Lipinski definition) is 2. The van der Waals surface area contributed by atoms with Crippen molar-refractivity contribution >= 4 is 25.9 Å². The van der Waals surface area contributed by atoms with Crippen LogP contribution in [0.3, 0.4) is 0 Å². The van der Waals surface area contributed by atoms with Gasteiger partial charge in [0.15, 0.2) is 25.5 Å². The number of aliphatic hydroxyl groups is 2. The molecule has 0 radical (unpaired) electrons. The lowest BCUT2D eigenvalue weighted by Gasteiger charge is -2.52. The molecule has 8 heteroatoms. The second kappa shape index (κ2) is 6.86. The molecule has 7 nitrogen and oxygen atoms in total. The number of carbonyl (C=O) groups is 3. The molecule has 9 atom stereocenters. The maximum Gasteiger partial charge on any atom is 0.303 e. The molecular formula is C25H38O7Si. The molecule has 0 aliphatic heterocycles. The SMILES string of the molecule is C=C1C[C@]2(O[Si](C)(C)C)C(=O)[C@@H](C)C[C@H]2[C@@]2(O)[C@H](C)C(=O)[C@]3(OC(C)=O)[C@H]([C@@H]2C1O)C3(C)C. The zero-order valence-corrected chi connectivity index (χ0v) is 22.0. The van der Waals surface area contributed by atoms with Gasteiger partial charge in [-0.05, 0) is 31.6 Å². The highest BCUT2D eigenvalue weighted by molar-refractivity contribution is 6.70. The lowest BCUT2D eigenvalue weighted by molar-refractivity contribution is -0.204. The Morgan fingerprint density at radius 3 is 2.24 bits per heavy atom. The normalized spacial score (nSPS) is 48.5. The van der Waals surface area contributed by atoms with Gasteiger partial charge in [-0.3, -0.25) is 14.4 Å². The predicted molar refractivity (Wildman–Crippen MR) is 124 cm³/mol. The van der Waals surface area contributed by atoms with E-state index in [1.165, 1.54) is 6.92 Å². The number of ether oxygens (including phenoxy) is 1. The van der Waals surface area contributed by atoms with E-state index in [1.807, 2.05) is 40.4 Å². The van der Waals surface area contributed by atoms with E-state index in [0.29, 0.717) is 12.0 Å². The third kappa shape index (κ3) is 2.87. The standard InChI is InChI=1S/C25H38O7Si/c1-12-10-16-23(20(12)28,32-33(7,8)9)11-13(2)18(27)17-19-22(5,6)25(19,31-15(4)26)21(29)14(3)24(16,17)30/h12,14,16-19,27,30H,2,10-11H2,1,3-9H3/t12-,14+,16+,17-,18?,19+,23+,24-,25+/m0/s1. The van der Waals surface area contributed by atoms with E-state index in [4.69, 9.17) is 9.16 Å². The smallest absolute Gasteiger partial charge is 0.303 e. The zero-order chi connectivity index (χ0) is 25.1. The third-order valence-corrected chi connectivity index (χ3v) is 10.0. The van der Waals surface area contributed by atoms with Gasteiger partial charge >= 0.3 is 5.97 Å². The summed E-state index contributed by atoms with van der Waals surface area (Å²) in [5.74, 6) is -4.42. The first kappa shape index (κ1) is 24.8. The second-order valence-electron chi connectivity index (χ2n) is 12.5. The Balaban J connectivity index is 1.96. The van der Waals surface area contributed by atoms with Gasteiger partial charge in [0.1, 0.15) is 5.60 Å². The monoisotopic (exact) mass is 478 g/mol. The number of ketones is 2. The van der Waals surface area contributed by atoms with E-state index in [0.717, 1.165) is 0 Å². The Bertz CT molecular complexity index is 951. The first-order chi connectivity index (χ1) is 14.9. The summed E-state index contributed by atoms with van der Waals surface area (Å²) in [5, 5.41) is 24.1. The number of carbonyl (C=O) groups excluding carboxylic acids is 3. The molecule has 4 saturated carbocycles. The first-order valence-electron chi connectivity index (χ1n) is 12.0. The van der Waals surface area contributed by atoms with Gasteiger partial charge in [-0.1, -0.05) is 34.3 Å². The lowest BCUT2D eigenvalue weighted by atomic mass is 9.58. The molecule has 0 heterocycles. The molecule has 2 N–H and O–H groups in total. The van der Waals surface area contributed by atoms with Crippen LogP contribution in [0.15, 0.2) is 12.2 Å². The number of rotatable bonds is 3. The van der Waals surface area contributed by atoms with Crippen LogP contribution in [-0.2, 0) is 23.5 Å². The summed E-state index contributed by atoms with van der Waals surface area (Å²) in [5.41, 5.74) is -4.81. The molecule has 0 aromatic carbocycles. The summed E-state index contributed by atoms with van der Waals surface area (Å²) in [6.45, 7) is 18.5. The largest absolute Gasteiger partial charge is 0.450 e. The van der Waals surface area contributed by atoms with Crippen LogP contribution in [0.25, 0.3) is 0 Å². The van der Waals surface area contributed by atoms with Gasteiger partial charge in [0, 0.05) is 48.3 Å². The van der Waals surface area contributed by atoms with Crippen LogP contribution >= 0.6 is 0 Å². The molecular weight excluding hydrogens is 440 g/mol. The molecule has 4 rings (SSSR count). The molecule has 0 saturated heterocycles. The van der Waals surface area contributed by atoms with Crippen molar-refractivity contribution in [3.05, 3.63) is 12.2 Å². The van der Waals surface area contributed by atoms with Gasteiger partial charge < -0.3 is 19.4 Å². The maximum absolute atomic E-state index is 13.9. The molecule has 4 aliphatic rings. The van der Waals surface area contributed by atoms with E-state index < -0.39 is 66.3 Å². The van der Waals surface area contributed by atoms with Gasteiger partial charge in [0.05, 0.1) is 11.7 Å². The van der Waals surface area contributed by atoms with Crippen molar-refractivity contribution in [2.75, 3.05) is 0 Å². The minimum atomic E-state index is -2.29. The van der Waals surface area contributed by atoms with Gasteiger partial charge in [0.25, 0.3) is 0 Å². The van der Waals surface area contributed by atoms with Gasteiger partial charge in [-0.25, -0.2) is 0 Å². The summed E-state index contributed by atoms with van der Waals surface area (Å²) < 4.78 is 12.3. The van der Waals surface area contributed by atoms with Crippen molar-refractivity contribution in [2.24, 2.45) is 35.0 Å². The van der Waals surface area contributed by atoms with Crippen LogP contribution in [0.5, 0.6) is 0 Å². The third-order valence-electron chi connectivity index (χ3n) is 9.05. The summed E-state index contributed by atoms with van der Waals surface area (Å²) in [4.78, 5) is 39.6. The fraction of sp³-hybridized carbons (Fsp3) is 0.800. The molecule has 0 bridgehead atoms. The van der Waals surface area contributed by atoms with Gasteiger partial charge in [0.2, 0.25) is 0 Å². The quantitative estimate of drug-likeness (QED) is 0.364. The van der Waals surface area contributed by atoms with Crippen molar-refractivity contribution < 1.29 is 33.8 Å². The van der Waals surface area contributed by atoms with Crippen molar-refractivity contribution in [1.82, 2.24) is 0 Å². The highest BCUT2D eigenvalue weighted by atomic mass is 28.4. The average molecular weight is 479 g/mol. The zero-order valence-electron chi connectivity index (χ0n) is 21.0. The van der Waals surface area contributed by atoms with E-state index >= 15 is 0 Å². The Kier molecular flexibility index (Phi) is 5.15. The number of esters is 1. The Morgan fingerprint density at radius 1 is 1.15 bits per heavy atom. The van der Waals surface area contributed by atoms with E-state index in [9.17, 15) is 24.6 Å². The van der Waals surface area contributed by atoms with Crippen LogP contribution in [0.1, 0.15) is 47.5 Å². The van der Waals surface area contributed by atoms with E-state index in [2.05, 4.69) is 6.58 Å². The molecule has 1 unspecified atom stereocenters. The van der Waals surface area contributed by atoms with E-state index in [1.54, 1.807) is 6.92 Å². The van der Waals surface area contributed by atoms with Crippen LogP contribution in [0.4, 0.5) is 0 Å². The average Bonchev–Trinajstić information content (AvgIpc) is 3.05. The fourth-order valence-corrected chi connectivity index (χ4v) is 9.28. The Hall–Kier alpha value is -1.35. The minimum Gasteiger partial charge on any atom is -0.450 e. The van der Waals surface area contributed by atoms with Crippen LogP contribution in [0.2, 0.25) is 19.6 Å². The number of Topliss-reactive ketones (excluding diaryl/α,β-unsaturated/α-hetero) is 2. The van der Waals surface area contributed by atoms with Crippen molar-refractivity contribution in [1.29, 1.82) is 0 Å². The van der Waals surface area contributed by atoms with Gasteiger partial charge in [-0.2, -0.15) is 0 Å². The van der Waals surface area contributed by atoms with E-state index in [-0.39, 0.29) is 23.9 Å². The number of hydrogen-bond acceptors (Lipinski definition) is 7. The molecule has 184 valence electrons. The van der Waals surface area contributed by atoms with Crippen LogP contribution < -0.4 is 0 Å². The molecule has 4 aliphatic carbocycles. The minimum absolute atomic E-state index is 0.0936. The van der Waals surface area contributed by atoms with Crippen LogP contribution in [0, 0.1) is 35.0 Å². The van der Waals surface area contributed by atoms with Crippen molar-refractivity contribution in [3.63, 3.8) is 0 Å². The van der Waals surface area contributed by atoms with Gasteiger partial charge in [-0.15, -0.1) is 0 Å². The summed E-state index contributed by atoms with van der Waals surface area (Å²) in [6, 6.07) is 0. The topological polar surface area (TPSA) is 110 Å². The molecule has 33 heavy (non-hydrogen) atoms. The van der Waals surface area contributed by atoms with Crippen molar-refractivity contribution in [2.45, 2.75) is 90.0 Å². The molecule has 0 spiro atoms. The fourth-order valence-electron chi connectivity index (χ4n) is 7.88. The lowest BCUT2D eigenvalue weighted by Crippen LogP contribution is -2.66. The highest BCUT2D eigenvalue weighted by Gasteiger charge is 2.88. The summed E-state index contributed by atoms with van der Waals surface area (Å²) in [6.07, 6.45) is -0.690. The number of aliphatic hydroxyl groups excluding tert-OH is 1. The predicted octanol–water partition coefficient (Wildman–Crippen LogP) is 2.65. The first-order valence-corrected chi connectivity index (χ1v) is 15.4. The second-order valence-corrected chi connectivity index (χ2v) is 16.9. The number of fused-ring (bicyclic) bond motifs is 5. The molecule has 0 aromatic heterocycles. The Labute approximate surface area is 197 Å². The van der Waals surface area contributed by atoms with Crippen LogP contribution in [-0.4, -0.2) is 59.0 Å². The summed E-state index contributed by atoms with van der Waals surface area (Å²) >= 11 is 0. The molecule has 0 amide bonds. The van der Waals surface area contributed by atoms with Crippen molar-refractivity contribution in [3.8, 4) is 0 Å². The Morgan fingerprint density at radius 2 is 1.73 bits per heavy atom. The molecule has 4 fully saturated rings.